The summed E-state index contributed by atoms with van der Waals surface area (Å²) in [6, 6.07) is 0.631. The molecule has 1 saturated heterocycles. The topological polar surface area (TPSA) is 49.8 Å². The molecule has 2 fully saturated rings. The first kappa shape index (κ1) is 15.8. The predicted molar refractivity (Wildman–Crippen MR) is 78.8 cm³/mol. The molecule has 1 aliphatic carbocycles. The molecule has 0 bridgehead atoms. The van der Waals surface area contributed by atoms with Crippen LogP contribution in [0, 0.1) is 11.8 Å². The number of aliphatic carboxylic acids is 1. The molecule has 4 nitrogen and oxygen atoms in total. The van der Waals surface area contributed by atoms with E-state index >= 15 is 0 Å². The first-order valence-corrected chi connectivity index (χ1v) is 8.25. The highest BCUT2D eigenvalue weighted by Gasteiger charge is 2.42. The van der Waals surface area contributed by atoms with Gasteiger partial charge in [0.25, 0.3) is 0 Å². The van der Waals surface area contributed by atoms with E-state index in [0.717, 1.165) is 18.9 Å². The number of carboxylic acid groups (broad SMARTS) is 1. The first-order valence-electron chi connectivity index (χ1n) is 8.25. The van der Waals surface area contributed by atoms with Gasteiger partial charge < -0.3 is 9.84 Å². The molecule has 2 rings (SSSR count). The van der Waals surface area contributed by atoms with Crippen LogP contribution < -0.4 is 0 Å². The van der Waals surface area contributed by atoms with Gasteiger partial charge >= 0.3 is 5.97 Å². The maximum atomic E-state index is 11.4. The molecule has 0 aromatic carbocycles. The van der Waals surface area contributed by atoms with Crippen molar-refractivity contribution in [1.29, 1.82) is 0 Å². The maximum Gasteiger partial charge on any atom is 0.310 e. The minimum atomic E-state index is -0.697. The summed E-state index contributed by atoms with van der Waals surface area (Å²) in [5.74, 6) is -0.316. The van der Waals surface area contributed by atoms with Crippen molar-refractivity contribution >= 4 is 5.97 Å². The molecule has 1 saturated carbocycles. The van der Waals surface area contributed by atoms with Crippen LogP contribution in [0.3, 0.4) is 0 Å². The molecular formula is C16H29NO3. The van der Waals surface area contributed by atoms with Gasteiger partial charge in [-0.2, -0.15) is 0 Å². The van der Waals surface area contributed by atoms with Crippen LogP contribution in [-0.4, -0.2) is 47.8 Å². The van der Waals surface area contributed by atoms with Crippen molar-refractivity contribution in [3.05, 3.63) is 0 Å². The van der Waals surface area contributed by atoms with Crippen molar-refractivity contribution in [2.75, 3.05) is 19.8 Å². The van der Waals surface area contributed by atoms with E-state index in [0.29, 0.717) is 19.3 Å². The predicted octanol–water partition coefficient (Wildman–Crippen LogP) is 2.77. The third-order valence-corrected chi connectivity index (χ3v) is 5.09. The fraction of sp³-hybridized carbons (Fsp3) is 0.938. The summed E-state index contributed by atoms with van der Waals surface area (Å²) < 4.78 is 5.50. The summed E-state index contributed by atoms with van der Waals surface area (Å²) in [6.07, 6.45) is 7.42. The second-order valence-corrected chi connectivity index (χ2v) is 6.31. The van der Waals surface area contributed by atoms with Crippen molar-refractivity contribution in [3.8, 4) is 0 Å². The smallest absolute Gasteiger partial charge is 0.310 e. The molecular weight excluding hydrogens is 254 g/mol. The quantitative estimate of drug-likeness (QED) is 0.814. The summed E-state index contributed by atoms with van der Waals surface area (Å²) in [7, 11) is 0. The molecule has 0 aromatic heterocycles. The molecule has 0 aromatic rings. The van der Waals surface area contributed by atoms with Gasteiger partial charge in [0.15, 0.2) is 0 Å². The Morgan fingerprint density at radius 2 is 1.95 bits per heavy atom. The van der Waals surface area contributed by atoms with Gasteiger partial charge in [-0.15, -0.1) is 0 Å². The third-order valence-electron chi connectivity index (χ3n) is 5.09. The van der Waals surface area contributed by atoms with E-state index in [-0.39, 0.29) is 12.0 Å². The number of nitrogens with zero attached hydrogens (tertiary/aromatic N) is 1. The van der Waals surface area contributed by atoms with Crippen molar-refractivity contribution in [1.82, 2.24) is 4.90 Å². The molecule has 0 amide bonds. The van der Waals surface area contributed by atoms with Crippen LogP contribution in [0.2, 0.25) is 0 Å². The highest BCUT2D eigenvalue weighted by molar-refractivity contribution is 5.71. The van der Waals surface area contributed by atoms with E-state index in [1.807, 2.05) is 0 Å². The molecule has 4 atom stereocenters. The number of carboxylic acids is 1. The molecule has 2 aliphatic rings. The Labute approximate surface area is 122 Å². The molecule has 1 N–H and O–H groups in total. The van der Waals surface area contributed by atoms with Crippen LogP contribution >= 0.6 is 0 Å². The van der Waals surface area contributed by atoms with Crippen molar-refractivity contribution in [3.63, 3.8) is 0 Å². The lowest BCUT2D eigenvalue weighted by atomic mass is 9.80. The summed E-state index contributed by atoms with van der Waals surface area (Å²) >= 11 is 0. The fourth-order valence-electron chi connectivity index (χ4n) is 4.04. The van der Waals surface area contributed by atoms with Crippen LogP contribution in [0.25, 0.3) is 0 Å². The van der Waals surface area contributed by atoms with Crippen molar-refractivity contribution < 1.29 is 14.6 Å². The Kier molecular flexibility index (Phi) is 5.85. The number of carbonyl (C=O) groups is 1. The molecule has 4 heteroatoms. The van der Waals surface area contributed by atoms with Crippen LogP contribution in [0.5, 0.6) is 0 Å². The van der Waals surface area contributed by atoms with E-state index in [1.165, 1.54) is 32.1 Å². The second kappa shape index (κ2) is 7.41. The summed E-state index contributed by atoms with van der Waals surface area (Å²) in [5, 5.41) is 9.42. The standard InChI is InChI=1S/C16H29NO3/c1-3-9-17(14-8-6-5-7-12(14)4-2)15-11-20-10-13(15)16(18)19/h12-15H,3-11H2,1-2H3,(H,18,19). The average Bonchev–Trinajstić information content (AvgIpc) is 2.94. The zero-order chi connectivity index (χ0) is 14.5. The summed E-state index contributed by atoms with van der Waals surface area (Å²) in [4.78, 5) is 13.9. The molecule has 0 radical (unpaired) electrons. The van der Waals surface area contributed by atoms with Gasteiger partial charge in [-0.05, 0) is 31.7 Å². The van der Waals surface area contributed by atoms with Crippen LogP contribution in [0.15, 0.2) is 0 Å². The van der Waals surface area contributed by atoms with E-state index in [1.54, 1.807) is 0 Å². The van der Waals surface area contributed by atoms with Gasteiger partial charge in [-0.3, -0.25) is 9.69 Å². The average molecular weight is 283 g/mol. The number of hydrogen-bond donors (Lipinski definition) is 1. The molecule has 1 heterocycles. The van der Waals surface area contributed by atoms with Gasteiger partial charge in [-0.25, -0.2) is 0 Å². The van der Waals surface area contributed by atoms with Gasteiger partial charge in [0, 0.05) is 12.1 Å². The highest BCUT2D eigenvalue weighted by atomic mass is 16.5. The lowest BCUT2D eigenvalue weighted by Crippen LogP contribution is -2.52. The number of ether oxygens (including phenoxy) is 1. The van der Waals surface area contributed by atoms with Crippen LogP contribution in [0.4, 0.5) is 0 Å². The maximum absolute atomic E-state index is 11.4. The molecule has 20 heavy (non-hydrogen) atoms. The summed E-state index contributed by atoms with van der Waals surface area (Å²) in [6.45, 7) is 6.42. The van der Waals surface area contributed by atoms with Gasteiger partial charge in [0.1, 0.15) is 0 Å². The lowest BCUT2D eigenvalue weighted by molar-refractivity contribution is -0.143. The van der Waals surface area contributed by atoms with Crippen LogP contribution in [0.1, 0.15) is 52.4 Å². The Morgan fingerprint density at radius 1 is 1.20 bits per heavy atom. The Morgan fingerprint density at radius 3 is 2.60 bits per heavy atom. The van der Waals surface area contributed by atoms with E-state index < -0.39 is 5.97 Å². The van der Waals surface area contributed by atoms with E-state index in [4.69, 9.17) is 4.74 Å². The fourth-order valence-corrected chi connectivity index (χ4v) is 4.04. The zero-order valence-electron chi connectivity index (χ0n) is 12.9. The second-order valence-electron chi connectivity index (χ2n) is 6.31. The van der Waals surface area contributed by atoms with Crippen molar-refractivity contribution in [2.45, 2.75) is 64.5 Å². The summed E-state index contributed by atoms with van der Waals surface area (Å²) in [5.41, 5.74) is 0. The lowest BCUT2D eigenvalue weighted by Gasteiger charge is -2.43. The minimum absolute atomic E-state index is 0.0737. The van der Waals surface area contributed by atoms with E-state index in [9.17, 15) is 9.90 Å². The van der Waals surface area contributed by atoms with Gasteiger partial charge in [-0.1, -0.05) is 33.1 Å². The molecule has 1 aliphatic heterocycles. The van der Waals surface area contributed by atoms with Crippen LogP contribution in [-0.2, 0) is 9.53 Å². The largest absolute Gasteiger partial charge is 0.481 e. The Balaban J connectivity index is 2.14. The van der Waals surface area contributed by atoms with Gasteiger partial charge in [0.2, 0.25) is 0 Å². The molecule has 116 valence electrons. The van der Waals surface area contributed by atoms with Gasteiger partial charge in [0.05, 0.1) is 19.1 Å². The Bertz CT molecular complexity index is 321. The van der Waals surface area contributed by atoms with Crippen molar-refractivity contribution in [2.24, 2.45) is 11.8 Å². The minimum Gasteiger partial charge on any atom is -0.481 e. The highest BCUT2D eigenvalue weighted by Crippen LogP contribution is 2.34. The normalized spacial score (nSPS) is 34.5. The molecule has 4 unspecified atom stereocenters. The number of hydrogen-bond acceptors (Lipinski definition) is 3. The zero-order valence-corrected chi connectivity index (χ0v) is 12.9. The first-order chi connectivity index (χ1) is 9.69. The number of rotatable bonds is 6. The SMILES string of the molecule is CCCN(C1CCCCC1CC)C1COCC1C(=O)O. The Hall–Kier alpha value is -0.610. The monoisotopic (exact) mass is 283 g/mol. The van der Waals surface area contributed by atoms with E-state index in [2.05, 4.69) is 18.7 Å². The molecule has 0 spiro atoms. The third kappa shape index (κ3) is 3.34.